The Bertz CT molecular complexity index is 422. The summed E-state index contributed by atoms with van der Waals surface area (Å²) in [6.45, 7) is 5.33. The van der Waals surface area contributed by atoms with Crippen LogP contribution in [-0.2, 0) is 16.1 Å². The second-order valence-corrected chi connectivity index (χ2v) is 5.26. The molecule has 0 bridgehead atoms. The van der Waals surface area contributed by atoms with Gasteiger partial charge in [-0.25, -0.2) is 0 Å². The van der Waals surface area contributed by atoms with E-state index in [0.29, 0.717) is 24.7 Å². The Morgan fingerprint density at radius 2 is 2.21 bits per heavy atom. The summed E-state index contributed by atoms with van der Waals surface area (Å²) in [5.41, 5.74) is 1.05. The maximum atomic E-state index is 11.8. The van der Waals surface area contributed by atoms with Gasteiger partial charge >= 0.3 is 0 Å². The van der Waals surface area contributed by atoms with E-state index in [1.165, 1.54) is 0 Å². The highest BCUT2D eigenvalue weighted by Crippen LogP contribution is 2.09. The van der Waals surface area contributed by atoms with Crippen LogP contribution in [0.4, 0.5) is 0 Å². The molecule has 0 saturated carbocycles. The van der Waals surface area contributed by atoms with Crippen molar-refractivity contribution in [2.75, 3.05) is 26.2 Å². The van der Waals surface area contributed by atoms with E-state index in [1.807, 2.05) is 31.2 Å². The Morgan fingerprint density at radius 1 is 1.47 bits per heavy atom. The van der Waals surface area contributed by atoms with Crippen molar-refractivity contribution >= 4 is 17.5 Å². The van der Waals surface area contributed by atoms with Gasteiger partial charge in [0.25, 0.3) is 0 Å². The Labute approximate surface area is 118 Å². The number of nitrogens with zero attached hydrogens (tertiary/aromatic N) is 1. The highest BCUT2D eigenvalue weighted by atomic mass is 35.5. The van der Waals surface area contributed by atoms with Gasteiger partial charge in [-0.15, -0.1) is 0 Å². The van der Waals surface area contributed by atoms with Crippen LogP contribution < -0.4 is 5.32 Å². The van der Waals surface area contributed by atoms with Crippen LogP contribution in [0.1, 0.15) is 12.5 Å². The molecule has 1 saturated heterocycles. The van der Waals surface area contributed by atoms with Gasteiger partial charge in [0, 0.05) is 24.7 Å². The van der Waals surface area contributed by atoms with E-state index in [-0.39, 0.29) is 12.0 Å². The summed E-state index contributed by atoms with van der Waals surface area (Å²) in [6, 6.07) is 7.48. The first-order valence-corrected chi connectivity index (χ1v) is 6.86. The first-order chi connectivity index (χ1) is 9.13. The van der Waals surface area contributed by atoms with Crippen molar-refractivity contribution in [3.05, 3.63) is 34.9 Å². The van der Waals surface area contributed by atoms with Crippen LogP contribution in [0.2, 0.25) is 5.02 Å². The second kappa shape index (κ2) is 6.89. The molecule has 0 aromatic heterocycles. The lowest BCUT2D eigenvalue weighted by Crippen LogP contribution is -2.45. The van der Waals surface area contributed by atoms with Crippen LogP contribution in [0.3, 0.4) is 0 Å². The van der Waals surface area contributed by atoms with Crippen molar-refractivity contribution in [3.8, 4) is 0 Å². The lowest BCUT2D eigenvalue weighted by Gasteiger charge is -2.30. The monoisotopic (exact) mass is 282 g/mol. The highest BCUT2D eigenvalue weighted by Gasteiger charge is 2.18. The number of halogens is 1. The molecule has 19 heavy (non-hydrogen) atoms. The van der Waals surface area contributed by atoms with E-state index in [9.17, 15) is 4.79 Å². The third-order valence-electron chi connectivity index (χ3n) is 3.10. The molecule has 4 nitrogen and oxygen atoms in total. The summed E-state index contributed by atoms with van der Waals surface area (Å²) < 4.78 is 5.44. The third-order valence-corrected chi connectivity index (χ3v) is 3.35. The smallest absolute Gasteiger partial charge is 0.234 e. The molecule has 1 amide bonds. The van der Waals surface area contributed by atoms with Crippen LogP contribution in [0.25, 0.3) is 0 Å². The molecule has 2 rings (SSSR count). The SMILES string of the molecule is CC1CN(CC(=O)NCc2ccc(Cl)cc2)CCO1. The Balaban J connectivity index is 1.73. The molecule has 1 aromatic carbocycles. The zero-order valence-corrected chi connectivity index (χ0v) is 11.8. The largest absolute Gasteiger partial charge is 0.376 e. The van der Waals surface area contributed by atoms with E-state index < -0.39 is 0 Å². The van der Waals surface area contributed by atoms with Gasteiger partial charge in [0.05, 0.1) is 19.3 Å². The molecule has 1 atom stereocenters. The van der Waals surface area contributed by atoms with Gasteiger partial charge in [0.1, 0.15) is 0 Å². The lowest BCUT2D eigenvalue weighted by atomic mass is 10.2. The molecular formula is C14H19ClN2O2. The van der Waals surface area contributed by atoms with Crippen molar-refractivity contribution in [1.82, 2.24) is 10.2 Å². The van der Waals surface area contributed by atoms with Gasteiger partial charge in [-0.3, -0.25) is 9.69 Å². The molecule has 0 radical (unpaired) electrons. The van der Waals surface area contributed by atoms with Crippen LogP contribution in [-0.4, -0.2) is 43.2 Å². The van der Waals surface area contributed by atoms with Crippen LogP contribution in [0, 0.1) is 0 Å². The van der Waals surface area contributed by atoms with Gasteiger partial charge < -0.3 is 10.1 Å². The molecule has 1 unspecified atom stereocenters. The quantitative estimate of drug-likeness (QED) is 0.914. The van der Waals surface area contributed by atoms with Crippen molar-refractivity contribution < 1.29 is 9.53 Å². The fourth-order valence-corrected chi connectivity index (χ4v) is 2.22. The van der Waals surface area contributed by atoms with E-state index >= 15 is 0 Å². The zero-order chi connectivity index (χ0) is 13.7. The molecule has 1 heterocycles. The first kappa shape index (κ1) is 14.3. The van der Waals surface area contributed by atoms with Crippen LogP contribution in [0.15, 0.2) is 24.3 Å². The molecule has 1 aliphatic heterocycles. The minimum absolute atomic E-state index is 0.0454. The number of hydrogen-bond acceptors (Lipinski definition) is 3. The number of amides is 1. The van der Waals surface area contributed by atoms with Gasteiger partial charge in [0.2, 0.25) is 5.91 Å². The maximum absolute atomic E-state index is 11.8. The average Bonchev–Trinajstić information content (AvgIpc) is 2.38. The number of nitrogens with one attached hydrogen (secondary N) is 1. The van der Waals surface area contributed by atoms with Crippen LogP contribution in [0.5, 0.6) is 0 Å². The summed E-state index contributed by atoms with van der Waals surface area (Å²) >= 11 is 5.81. The van der Waals surface area contributed by atoms with Gasteiger partial charge in [-0.1, -0.05) is 23.7 Å². The molecule has 104 valence electrons. The minimum Gasteiger partial charge on any atom is -0.376 e. The van der Waals surface area contributed by atoms with E-state index in [1.54, 1.807) is 0 Å². The van der Waals surface area contributed by atoms with Gasteiger partial charge in [-0.2, -0.15) is 0 Å². The number of carbonyl (C=O) groups is 1. The van der Waals surface area contributed by atoms with Crippen molar-refractivity contribution in [2.45, 2.75) is 19.6 Å². The van der Waals surface area contributed by atoms with E-state index in [4.69, 9.17) is 16.3 Å². The fourth-order valence-electron chi connectivity index (χ4n) is 2.10. The Hall–Kier alpha value is -1.10. The number of ether oxygens (including phenoxy) is 1. The number of morpholine rings is 1. The molecule has 1 fully saturated rings. The zero-order valence-electron chi connectivity index (χ0n) is 11.1. The molecule has 1 aromatic rings. The summed E-state index contributed by atoms with van der Waals surface area (Å²) in [6.07, 6.45) is 0.206. The number of hydrogen-bond donors (Lipinski definition) is 1. The predicted octanol–water partition coefficient (Wildman–Crippen LogP) is 1.68. The van der Waals surface area contributed by atoms with Crippen LogP contribution >= 0.6 is 11.6 Å². The van der Waals surface area contributed by atoms with Crippen molar-refractivity contribution in [3.63, 3.8) is 0 Å². The molecule has 0 aliphatic carbocycles. The third kappa shape index (κ3) is 4.82. The molecule has 1 aliphatic rings. The van der Waals surface area contributed by atoms with E-state index in [0.717, 1.165) is 18.7 Å². The predicted molar refractivity (Wildman–Crippen MR) is 75.2 cm³/mol. The summed E-state index contributed by atoms with van der Waals surface area (Å²) in [4.78, 5) is 14.0. The molecular weight excluding hydrogens is 264 g/mol. The van der Waals surface area contributed by atoms with Crippen molar-refractivity contribution in [1.29, 1.82) is 0 Å². The Kier molecular flexibility index (Phi) is 5.19. The molecule has 5 heteroatoms. The lowest BCUT2D eigenvalue weighted by molar-refractivity contribution is -0.124. The number of carbonyl (C=O) groups excluding carboxylic acids is 1. The molecule has 1 N–H and O–H groups in total. The Morgan fingerprint density at radius 3 is 2.89 bits per heavy atom. The number of benzene rings is 1. The minimum atomic E-state index is 0.0454. The molecule has 0 spiro atoms. The summed E-state index contributed by atoms with van der Waals surface area (Å²) in [5.74, 6) is 0.0454. The fraction of sp³-hybridized carbons (Fsp3) is 0.500. The summed E-state index contributed by atoms with van der Waals surface area (Å²) in [7, 11) is 0. The van der Waals surface area contributed by atoms with Crippen molar-refractivity contribution in [2.24, 2.45) is 0 Å². The first-order valence-electron chi connectivity index (χ1n) is 6.48. The number of rotatable bonds is 4. The summed E-state index contributed by atoms with van der Waals surface area (Å²) in [5, 5.41) is 3.62. The second-order valence-electron chi connectivity index (χ2n) is 4.82. The van der Waals surface area contributed by atoms with Gasteiger partial charge in [-0.05, 0) is 24.6 Å². The standard InChI is InChI=1S/C14H19ClN2O2/c1-11-9-17(6-7-19-11)10-14(18)16-8-12-2-4-13(15)5-3-12/h2-5,11H,6-10H2,1H3,(H,16,18). The van der Waals surface area contributed by atoms with Gasteiger partial charge in [0.15, 0.2) is 0 Å². The van der Waals surface area contributed by atoms with E-state index in [2.05, 4.69) is 10.2 Å². The topological polar surface area (TPSA) is 41.6 Å². The normalized spacial score (nSPS) is 20.2. The average molecular weight is 283 g/mol. The highest BCUT2D eigenvalue weighted by molar-refractivity contribution is 6.30. The maximum Gasteiger partial charge on any atom is 0.234 e.